The van der Waals surface area contributed by atoms with Crippen LogP contribution in [0.2, 0.25) is 0 Å². The third-order valence-electron chi connectivity index (χ3n) is 6.37. The van der Waals surface area contributed by atoms with E-state index in [9.17, 15) is 14.7 Å². The average molecular weight is 480 g/mol. The number of nitrogens with zero attached hydrogens (tertiary/aromatic N) is 2. The summed E-state index contributed by atoms with van der Waals surface area (Å²) in [5.41, 5.74) is 7.04. The summed E-state index contributed by atoms with van der Waals surface area (Å²) in [5.74, 6) is -1.02. The predicted octanol–water partition coefficient (Wildman–Crippen LogP) is 2.70. The molecular formula is C25H29N5O5. The first kappa shape index (κ1) is 24.1. The minimum Gasteiger partial charge on any atom is -0.493 e. The molecule has 1 aromatic heterocycles. The van der Waals surface area contributed by atoms with Crippen LogP contribution in [0, 0.1) is 19.8 Å². The number of primary amides is 1. The van der Waals surface area contributed by atoms with E-state index < -0.39 is 29.5 Å². The molecule has 1 aliphatic rings. The molecule has 0 unspecified atom stereocenters. The topological polar surface area (TPSA) is 141 Å². The number of amides is 2. The Morgan fingerprint density at radius 3 is 2.49 bits per heavy atom. The van der Waals surface area contributed by atoms with E-state index in [0.29, 0.717) is 22.7 Å². The van der Waals surface area contributed by atoms with E-state index in [2.05, 4.69) is 15.7 Å². The summed E-state index contributed by atoms with van der Waals surface area (Å²) in [4.78, 5) is 25.8. The first-order valence-corrected chi connectivity index (χ1v) is 11.1. The van der Waals surface area contributed by atoms with Gasteiger partial charge >= 0.3 is 0 Å². The van der Waals surface area contributed by atoms with Crippen molar-refractivity contribution in [1.82, 2.24) is 9.78 Å². The number of aryl methyl sites for hydroxylation is 2. The molecule has 4 rings (SSSR count). The number of anilines is 2. The fraction of sp³-hybridized carbons (Fsp3) is 0.320. The van der Waals surface area contributed by atoms with E-state index in [0.717, 1.165) is 11.1 Å². The second kappa shape index (κ2) is 8.95. The summed E-state index contributed by atoms with van der Waals surface area (Å²) in [5, 5.41) is 22.0. The highest BCUT2D eigenvalue weighted by Crippen LogP contribution is 2.45. The van der Waals surface area contributed by atoms with E-state index in [1.807, 2.05) is 32.0 Å². The van der Waals surface area contributed by atoms with E-state index in [-0.39, 0.29) is 11.4 Å². The number of methoxy groups -OCH3 is 2. The summed E-state index contributed by atoms with van der Waals surface area (Å²) in [7, 11) is 3.04. The third kappa shape index (κ3) is 4.17. The van der Waals surface area contributed by atoms with Crippen molar-refractivity contribution in [1.29, 1.82) is 0 Å². The van der Waals surface area contributed by atoms with E-state index in [1.165, 1.54) is 32.0 Å². The largest absolute Gasteiger partial charge is 0.493 e. The van der Waals surface area contributed by atoms with Gasteiger partial charge in [-0.05, 0) is 50.1 Å². The molecule has 0 bridgehead atoms. The van der Waals surface area contributed by atoms with Gasteiger partial charge in [0.25, 0.3) is 5.91 Å². The number of carbonyl (C=O) groups excluding carboxylic acids is 2. The van der Waals surface area contributed by atoms with Crippen LogP contribution in [0.3, 0.4) is 0 Å². The van der Waals surface area contributed by atoms with Crippen LogP contribution in [0.1, 0.15) is 40.0 Å². The molecule has 184 valence electrons. The second-order valence-electron chi connectivity index (χ2n) is 8.80. The molecular weight excluding hydrogens is 450 g/mol. The van der Waals surface area contributed by atoms with Gasteiger partial charge in [-0.1, -0.05) is 23.8 Å². The summed E-state index contributed by atoms with van der Waals surface area (Å²) >= 11 is 0. The van der Waals surface area contributed by atoms with Gasteiger partial charge in [-0.2, -0.15) is 5.10 Å². The van der Waals surface area contributed by atoms with Crippen LogP contribution in [0.25, 0.3) is 0 Å². The maximum absolute atomic E-state index is 13.7. The number of hydrogen-bond acceptors (Lipinski definition) is 7. The molecule has 0 aliphatic carbocycles. The molecule has 35 heavy (non-hydrogen) atoms. The smallest absolute Gasteiger partial charge is 0.254 e. The van der Waals surface area contributed by atoms with Crippen LogP contribution in [0.5, 0.6) is 11.5 Å². The molecule has 3 atom stereocenters. The lowest BCUT2D eigenvalue weighted by Gasteiger charge is -2.43. The molecule has 0 fully saturated rings. The van der Waals surface area contributed by atoms with Gasteiger partial charge < -0.3 is 30.9 Å². The number of carbonyl (C=O) groups is 2. The Balaban J connectivity index is 1.84. The van der Waals surface area contributed by atoms with Crippen molar-refractivity contribution < 1.29 is 24.2 Å². The number of benzene rings is 2. The Morgan fingerprint density at radius 1 is 1.14 bits per heavy atom. The SMILES string of the molecule is COc1ccc([C@@H]2Nc3c(C(N)=O)cnn3[C@@](C)(O)[C@H]2C(=O)Nc2ccc(C)cc2C)cc1OC. The number of hydrogen-bond donors (Lipinski definition) is 4. The quantitative estimate of drug-likeness (QED) is 0.426. The Bertz CT molecular complexity index is 1300. The van der Waals surface area contributed by atoms with Crippen molar-refractivity contribution in [2.75, 3.05) is 24.9 Å². The average Bonchev–Trinajstić information content (AvgIpc) is 3.25. The summed E-state index contributed by atoms with van der Waals surface area (Å²) in [6.07, 6.45) is 1.27. The Hall–Kier alpha value is -4.05. The molecule has 0 radical (unpaired) electrons. The monoisotopic (exact) mass is 479 g/mol. The maximum Gasteiger partial charge on any atom is 0.254 e. The van der Waals surface area contributed by atoms with Crippen molar-refractivity contribution in [3.05, 3.63) is 64.8 Å². The van der Waals surface area contributed by atoms with Crippen molar-refractivity contribution in [3.63, 3.8) is 0 Å². The first-order valence-electron chi connectivity index (χ1n) is 11.1. The van der Waals surface area contributed by atoms with Gasteiger partial charge in [-0.3, -0.25) is 9.59 Å². The highest BCUT2D eigenvalue weighted by atomic mass is 16.5. The zero-order valence-electron chi connectivity index (χ0n) is 20.2. The molecule has 1 aliphatic heterocycles. The lowest BCUT2D eigenvalue weighted by Crippen LogP contribution is -2.53. The zero-order valence-corrected chi connectivity index (χ0v) is 20.2. The van der Waals surface area contributed by atoms with Crippen molar-refractivity contribution in [2.45, 2.75) is 32.5 Å². The Kier molecular flexibility index (Phi) is 6.16. The van der Waals surface area contributed by atoms with Gasteiger partial charge in [0.2, 0.25) is 5.91 Å². The summed E-state index contributed by atoms with van der Waals surface area (Å²) in [6.45, 7) is 5.35. The lowest BCUT2D eigenvalue weighted by molar-refractivity contribution is -0.143. The van der Waals surface area contributed by atoms with Crippen molar-refractivity contribution in [2.24, 2.45) is 11.7 Å². The maximum atomic E-state index is 13.7. The molecule has 2 amide bonds. The lowest BCUT2D eigenvalue weighted by atomic mass is 9.82. The van der Waals surface area contributed by atoms with Crippen molar-refractivity contribution >= 4 is 23.3 Å². The number of aliphatic hydroxyl groups is 1. The van der Waals surface area contributed by atoms with Crippen LogP contribution in [0.4, 0.5) is 11.5 Å². The fourth-order valence-corrected chi connectivity index (χ4v) is 4.58. The van der Waals surface area contributed by atoms with Crippen LogP contribution < -0.4 is 25.8 Å². The van der Waals surface area contributed by atoms with E-state index >= 15 is 0 Å². The van der Waals surface area contributed by atoms with E-state index in [1.54, 1.807) is 18.2 Å². The fourth-order valence-electron chi connectivity index (χ4n) is 4.58. The van der Waals surface area contributed by atoms with Gasteiger partial charge in [-0.25, -0.2) is 4.68 Å². The third-order valence-corrected chi connectivity index (χ3v) is 6.37. The number of aromatic nitrogens is 2. The molecule has 3 aromatic rings. The van der Waals surface area contributed by atoms with Crippen LogP contribution in [0.15, 0.2) is 42.6 Å². The van der Waals surface area contributed by atoms with Gasteiger partial charge in [0.1, 0.15) is 17.3 Å². The molecule has 2 heterocycles. The molecule has 0 spiro atoms. The normalized spacial score (nSPS) is 21.0. The standard InChI is InChI=1S/C25H29N5O5/c1-13-6-8-17(14(2)10-13)28-24(32)20-21(15-7-9-18(34-4)19(11-15)35-5)29-23-16(22(26)31)12-27-30(23)25(20,3)33/h6-12,20-21,29,33H,1-5H3,(H2,26,31)(H,28,32)/t20-,21+,25+/m1/s1. The first-order chi connectivity index (χ1) is 16.6. The predicted molar refractivity (Wildman–Crippen MR) is 131 cm³/mol. The number of rotatable bonds is 6. The van der Waals surface area contributed by atoms with Gasteiger partial charge in [0, 0.05) is 5.69 Å². The van der Waals surface area contributed by atoms with Gasteiger partial charge in [0.15, 0.2) is 17.2 Å². The van der Waals surface area contributed by atoms with Crippen LogP contribution >= 0.6 is 0 Å². The number of nitrogens with one attached hydrogen (secondary N) is 2. The molecule has 5 N–H and O–H groups in total. The molecule has 0 saturated heterocycles. The van der Waals surface area contributed by atoms with Gasteiger partial charge in [-0.15, -0.1) is 0 Å². The Labute approximate surface area is 203 Å². The number of nitrogens with two attached hydrogens (primary N) is 1. The van der Waals surface area contributed by atoms with Crippen LogP contribution in [-0.4, -0.2) is 40.9 Å². The highest BCUT2D eigenvalue weighted by molar-refractivity contribution is 5.99. The molecule has 2 aromatic carbocycles. The van der Waals surface area contributed by atoms with E-state index in [4.69, 9.17) is 15.2 Å². The number of fused-ring (bicyclic) bond motifs is 1. The summed E-state index contributed by atoms with van der Waals surface area (Å²) in [6, 6.07) is 10.1. The highest BCUT2D eigenvalue weighted by Gasteiger charge is 2.51. The molecule has 10 heteroatoms. The number of ether oxygens (including phenoxy) is 2. The zero-order chi connectivity index (χ0) is 25.5. The summed E-state index contributed by atoms with van der Waals surface area (Å²) < 4.78 is 12.0. The molecule has 10 nitrogen and oxygen atoms in total. The molecule has 0 saturated carbocycles. The van der Waals surface area contributed by atoms with Gasteiger partial charge in [0.05, 0.1) is 26.5 Å². The van der Waals surface area contributed by atoms with Crippen molar-refractivity contribution in [3.8, 4) is 11.5 Å². The minimum atomic E-state index is -1.81. The second-order valence-corrected chi connectivity index (χ2v) is 8.80. The Morgan fingerprint density at radius 2 is 1.86 bits per heavy atom. The van der Waals surface area contributed by atoms with Crippen LogP contribution in [-0.2, 0) is 10.5 Å². The minimum absolute atomic E-state index is 0.101.